The Balaban J connectivity index is 4.19. The number of rotatable bonds is 58. The van der Waals surface area contributed by atoms with Crippen molar-refractivity contribution in [1.82, 2.24) is 0 Å². The van der Waals surface area contributed by atoms with E-state index in [4.69, 9.17) is 18.9 Å². The zero-order chi connectivity index (χ0) is 54.8. The second kappa shape index (κ2) is 57.2. The highest BCUT2D eigenvalue weighted by molar-refractivity contribution is 5.71. The smallest absolute Gasteiger partial charge is 0.361 e. The number of carbonyl (C=O) groups excluding carboxylic acids is 2. The summed E-state index contributed by atoms with van der Waals surface area (Å²) < 4.78 is 22.9. The van der Waals surface area contributed by atoms with E-state index in [0.717, 1.165) is 77.0 Å². The summed E-state index contributed by atoms with van der Waals surface area (Å²) in [7, 11) is 5.97. The SMILES string of the molecule is CC/C=C\C/C=C\C/C=C\C/C=C\C/C=C\CCCCCCCCCCCC(=O)OC(COC(=O)CCCCCCCCCCCCCCCCCCCCCCCCCCC)COC(OCC[N+](C)(C)C)C(=O)O. The minimum atomic E-state index is -1.51. The van der Waals surface area contributed by atoms with Crippen LogP contribution in [-0.4, -0.2) is 87.4 Å². The molecule has 0 aromatic heterocycles. The first-order valence-electron chi connectivity index (χ1n) is 31.5. The number of likely N-dealkylation sites (N-methyl/N-ethyl adjacent to an activating group) is 1. The van der Waals surface area contributed by atoms with Crippen LogP contribution in [0.3, 0.4) is 0 Å². The summed E-state index contributed by atoms with van der Waals surface area (Å²) in [6, 6.07) is 0. The predicted molar refractivity (Wildman–Crippen MR) is 318 cm³/mol. The standard InChI is InChI=1S/C66H119NO8/c1-6-8-10-12-14-16-18-20-22-24-26-28-30-32-34-36-38-40-42-44-46-48-50-52-54-56-63(68)73-60-62(61-74-66(65(70)71)72-59-58-67(3,4)5)75-64(69)57-55-53-51-49-47-45-43-41-39-37-35-33-31-29-27-25-23-21-19-17-15-13-11-9-7-2/h9,11,15,17,21,23,27,29,33,35,62,66H,6-8,10,12-14,16,18-20,22,24-26,28,30-32,34,36-61H2,1-5H3/p+1/b11-9-,17-15-,23-21-,29-27-,35-33-. The molecule has 0 radical (unpaired) electrons. The van der Waals surface area contributed by atoms with Crippen molar-refractivity contribution in [2.24, 2.45) is 0 Å². The van der Waals surface area contributed by atoms with Gasteiger partial charge in [-0.3, -0.25) is 9.59 Å². The van der Waals surface area contributed by atoms with Crippen LogP contribution in [-0.2, 0) is 33.3 Å². The van der Waals surface area contributed by atoms with Crippen molar-refractivity contribution in [2.45, 2.75) is 296 Å². The third-order valence-corrected chi connectivity index (χ3v) is 13.8. The van der Waals surface area contributed by atoms with Crippen LogP contribution in [0.25, 0.3) is 0 Å². The van der Waals surface area contributed by atoms with E-state index in [0.29, 0.717) is 23.9 Å². The number of quaternary nitrogens is 1. The number of esters is 2. The molecule has 0 aromatic carbocycles. The molecule has 9 nitrogen and oxygen atoms in total. The number of carboxylic acids is 1. The lowest BCUT2D eigenvalue weighted by molar-refractivity contribution is -0.870. The zero-order valence-electron chi connectivity index (χ0n) is 49.7. The molecule has 1 N–H and O–H groups in total. The van der Waals surface area contributed by atoms with Gasteiger partial charge in [-0.05, 0) is 57.8 Å². The number of aliphatic carboxylic acids is 1. The van der Waals surface area contributed by atoms with Crippen molar-refractivity contribution in [3.8, 4) is 0 Å². The van der Waals surface area contributed by atoms with E-state index in [9.17, 15) is 19.5 Å². The molecule has 9 heteroatoms. The number of carbonyl (C=O) groups is 3. The quantitative estimate of drug-likeness (QED) is 0.0211. The van der Waals surface area contributed by atoms with Gasteiger partial charge < -0.3 is 28.5 Å². The first kappa shape index (κ1) is 72.0. The van der Waals surface area contributed by atoms with Crippen molar-refractivity contribution in [3.05, 3.63) is 60.8 Å². The summed E-state index contributed by atoms with van der Waals surface area (Å²) >= 11 is 0. The van der Waals surface area contributed by atoms with Gasteiger partial charge in [-0.15, -0.1) is 0 Å². The summed E-state index contributed by atoms with van der Waals surface area (Å²) in [5, 5.41) is 9.72. The number of nitrogens with zero attached hydrogens (tertiary/aromatic N) is 1. The summed E-state index contributed by atoms with van der Waals surface area (Å²) in [5.74, 6) is -2.00. The van der Waals surface area contributed by atoms with Gasteiger partial charge >= 0.3 is 17.9 Å². The fraction of sp³-hybridized carbons (Fsp3) is 0.803. The lowest BCUT2D eigenvalue weighted by atomic mass is 10.0. The summed E-state index contributed by atoms with van der Waals surface area (Å²) in [4.78, 5) is 37.5. The van der Waals surface area contributed by atoms with E-state index < -0.39 is 24.3 Å². The van der Waals surface area contributed by atoms with E-state index in [2.05, 4.69) is 74.6 Å². The highest BCUT2D eigenvalue weighted by atomic mass is 16.7. The van der Waals surface area contributed by atoms with Crippen LogP contribution < -0.4 is 0 Å². The number of unbranched alkanes of at least 4 members (excludes halogenated alkanes) is 33. The maximum atomic E-state index is 12.9. The van der Waals surface area contributed by atoms with Gasteiger partial charge in [0.15, 0.2) is 6.10 Å². The summed E-state index contributed by atoms with van der Waals surface area (Å²) in [5.41, 5.74) is 0. The lowest BCUT2D eigenvalue weighted by Crippen LogP contribution is -2.40. The van der Waals surface area contributed by atoms with Crippen LogP contribution in [0.4, 0.5) is 0 Å². The second-order valence-corrected chi connectivity index (χ2v) is 22.3. The Morgan fingerprint density at radius 3 is 1.13 bits per heavy atom. The fourth-order valence-corrected chi connectivity index (χ4v) is 8.98. The molecule has 0 rings (SSSR count). The molecule has 0 bridgehead atoms. The Morgan fingerprint density at radius 2 is 0.760 bits per heavy atom. The Kier molecular flexibility index (Phi) is 54.9. The van der Waals surface area contributed by atoms with Gasteiger partial charge in [0.25, 0.3) is 6.29 Å². The number of hydrogen-bond acceptors (Lipinski definition) is 7. The van der Waals surface area contributed by atoms with Gasteiger partial charge in [0, 0.05) is 12.8 Å². The molecule has 0 saturated carbocycles. The van der Waals surface area contributed by atoms with Crippen LogP contribution in [0.1, 0.15) is 284 Å². The highest BCUT2D eigenvalue weighted by Crippen LogP contribution is 2.17. The maximum Gasteiger partial charge on any atom is 0.361 e. The van der Waals surface area contributed by atoms with E-state index in [-0.39, 0.29) is 32.2 Å². The number of ether oxygens (including phenoxy) is 4. The number of hydrogen-bond donors (Lipinski definition) is 1. The van der Waals surface area contributed by atoms with Crippen molar-refractivity contribution in [3.63, 3.8) is 0 Å². The van der Waals surface area contributed by atoms with Gasteiger partial charge in [0.2, 0.25) is 0 Å². The topological polar surface area (TPSA) is 108 Å². The molecule has 0 aliphatic rings. The van der Waals surface area contributed by atoms with E-state index in [1.165, 1.54) is 173 Å². The molecular formula is C66H120NO8+. The lowest BCUT2D eigenvalue weighted by Gasteiger charge is -2.25. The normalized spacial score (nSPS) is 13.1. The van der Waals surface area contributed by atoms with Crippen molar-refractivity contribution in [2.75, 3.05) is 47.5 Å². The molecule has 0 aliphatic carbocycles. The van der Waals surface area contributed by atoms with Crippen LogP contribution in [0, 0.1) is 0 Å². The van der Waals surface area contributed by atoms with Crippen LogP contribution in [0.5, 0.6) is 0 Å². The van der Waals surface area contributed by atoms with Gasteiger partial charge in [-0.25, -0.2) is 4.79 Å². The van der Waals surface area contributed by atoms with E-state index in [1.54, 1.807) is 0 Å². The van der Waals surface area contributed by atoms with E-state index >= 15 is 0 Å². The third kappa shape index (κ3) is 58.5. The van der Waals surface area contributed by atoms with Gasteiger partial charge in [-0.2, -0.15) is 0 Å². The zero-order valence-corrected chi connectivity index (χ0v) is 49.7. The molecule has 0 aromatic rings. The molecule has 2 atom stereocenters. The molecule has 436 valence electrons. The maximum absolute atomic E-state index is 12.9. The fourth-order valence-electron chi connectivity index (χ4n) is 8.98. The highest BCUT2D eigenvalue weighted by Gasteiger charge is 2.25. The molecule has 0 spiro atoms. The number of allylic oxidation sites excluding steroid dienone is 10. The van der Waals surface area contributed by atoms with E-state index in [1.807, 2.05) is 21.1 Å². The monoisotopic (exact) mass is 1050 g/mol. The molecule has 0 fully saturated rings. The molecule has 0 aliphatic heterocycles. The third-order valence-electron chi connectivity index (χ3n) is 13.8. The molecule has 0 amide bonds. The molecule has 2 unspecified atom stereocenters. The minimum Gasteiger partial charge on any atom is -0.477 e. The first-order chi connectivity index (χ1) is 36.6. The average molecular weight is 1060 g/mol. The Morgan fingerprint density at radius 1 is 0.413 bits per heavy atom. The summed E-state index contributed by atoms with van der Waals surface area (Å²) in [6.07, 6.45) is 70.2. The first-order valence-corrected chi connectivity index (χ1v) is 31.5. The minimum absolute atomic E-state index is 0.183. The predicted octanol–water partition coefficient (Wildman–Crippen LogP) is 18.8. The summed E-state index contributed by atoms with van der Waals surface area (Å²) in [6.45, 7) is 4.80. The van der Waals surface area contributed by atoms with Crippen LogP contribution in [0.2, 0.25) is 0 Å². The Labute approximate surface area is 463 Å². The number of carboxylic acid groups (broad SMARTS) is 1. The second-order valence-electron chi connectivity index (χ2n) is 22.3. The van der Waals surface area contributed by atoms with Crippen LogP contribution in [0.15, 0.2) is 60.8 Å². The van der Waals surface area contributed by atoms with Crippen LogP contribution >= 0.6 is 0 Å². The Hall–Kier alpha value is -3.01. The Bertz CT molecular complexity index is 1410. The average Bonchev–Trinajstić information content (AvgIpc) is 3.38. The van der Waals surface area contributed by atoms with Gasteiger partial charge in [-0.1, -0.05) is 274 Å². The van der Waals surface area contributed by atoms with Crippen molar-refractivity contribution >= 4 is 17.9 Å². The molecular weight excluding hydrogens is 935 g/mol. The van der Waals surface area contributed by atoms with Gasteiger partial charge in [0.1, 0.15) is 13.2 Å². The molecule has 75 heavy (non-hydrogen) atoms. The van der Waals surface area contributed by atoms with Gasteiger partial charge in [0.05, 0.1) is 34.4 Å². The van der Waals surface area contributed by atoms with Crippen molar-refractivity contribution < 1.29 is 42.9 Å². The molecule has 0 saturated heterocycles. The molecule has 0 heterocycles. The van der Waals surface area contributed by atoms with Crippen molar-refractivity contribution in [1.29, 1.82) is 0 Å². The largest absolute Gasteiger partial charge is 0.477 e.